The smallest absolute Gasteiger partial charge is 0.337 e. The van der Waals surface area contributed by atoms with E-state index in [1.165, 1.54) is 35.7 Å². The molecule has 0 atom stereocenters. The summed E-state index contributed by atoms with van der Waals surface area (Å²) in [7, 11) is -2.40. The van der Waals surface area contributed by atoms with E-state index in [1.54, 1.807) is 18.2 Å². The SMILES string of the molecule is COC(=O)c1ccc(S(=O)(=O)N2CC(c3nc(-c4cccc(Cl)c4)no3)C2)cc1. The molecule has 8 nitrogen and oxygen atoms in total. The number of sulfonamides is 1. The Hall–Kier alpha value is -2.75. The molecule has 0 N–H and O–H groups in total. The molecule has 0 unspecified atom stereocenters. The zero-order chi connectivity index (χ0) is 20.6. The average Bonchev–Trinajstić information content (AvgIpc) is 3.16. The van der Waals surface area contributed by atoms with Gasteiger partial charge in [-0.15, -0.1) is 0 Å². The lowest BCUT2D eigenvalue weighted by Crippen LogP contribution is -2.48. The Morgan fingerprint density at radius 3 is 2.59 bits per heavy atom. The molecule has 0 spiro atoms. The highest BCUT2D eigenvalue weighted by atomic mass is 35.5. The van der Waals surface area contributed by atoms with Crippen LogP contribution in [-0.4, -0.2) is 49.0 Å². The first-order chi connectivity index (χ1) is 13.9. The Kier molecular flexibility index (Phi) is 5.12. The van der Waals surface area contributed by atoms with Gasteiger partial charge in [0, 0.05) is 23.7 Å². The topological polar surface area (TPSA) is 103 Å². The lowest BCUT2D eigenvalue weighted by Gasteiger charge is -2.35. The zero-order valence-corrected chi connectivity index (χ0v) is 16.9. The summed E-state index contributed by atoms with van der Waals surface area (Å²) in [4.78, 5) is 16.0. The summed E-state index contributed by atoms with van der Waals surface area (Å²) in [5, 5.41) is 4.52. The van der Waals surface area contributed by atoms with Gasteiger partial charge in [0.2, 0.25) is 21.7 Å². The van der Waals surface area contributed by atoms with Gasteiger partial charge in [0.15, 0.2) is 0 Å². The van der Waals surface area contributed by atoms with Crippen molar-refractivity contribution in [2.75, 3.05) is 20.2 Å². The van der Waals surface area contributed by atoms with Gasteiger partial charge >= 0.3 is 5.97 Å². The first-order valence-electron chi connectivity index (χ1n) is 8.66. The van der Waals surface area contributed by atoms with Crippen LogP contribution in [0.25, 0.3) is 11.4 Å². The number of nitrogens with zero attached hydrogens (tertiary/aromatic N) is 3. The molecular weight excluding hydrogens is 418 g/mol. The van der Waals surface area contributed by atoms with Gasteiger partial charge in [-0.05, 0) is 36.4 Å². The Morgan fingerprint density at radius 1 is 1.21 bits per heavy atom. The zero-order valence-electron chi connectivity index (χ0n) is 15.3. The summed E-state index contributed by atoms with van der Waals surface area (Å²) >= 11 is 5.98. The molecule has 0 aliphatic carbocycles. The minimum Gasteiger partial charge on any atom is -0.465 e. The molecule has 2 aromatic carbocycles. The van der Waals surface area contributed by atoms with Crippen molar-refractivity contribution in [3.8, 4) is 11.4 Å². The molecule has 0 radical (unpaired) electrons. The van der Waals surface area contributed by atoms with E-state index in [0.29, 0.717) is 16.7 Å². The fourth-order valence-electron chi connectivity index (χ4n) is 2.97. The van der Waals surface area contributed by atoms with Crippen molar-refractivity contribution >= 4 is 27.6 Å². The normalized spacial score (nSPS) is 15.1. The van der Waals surface area contributed by atoms with Crippen LogP contribution < -0.4 is 0 Å². The maximum Gasteiger partial charge on any atom is 0.337 e. The van der Waals surface area contributed by atoms with Crippen molar-refractivity contribution in [2.45, 2.75) is 10.8 Å². The number of carbonyl (C=O) groups excluding carboxylic acids is 1. The highest BCUT2D eigenvalue weighted by Gasteiger charge is 2.40. The number of aromatic nitrogens is 2. The third-order valence-corrected chi connectivity index (χ3v) is 6.72. The molecule has 1 aliphatic heterocycles. The minimum absolute atomic E-state index is 0.105. The van der Waals surface area contributed by atoms with Gasteiger partial charge in [0.05, 0.1) is 23.5 Å². The summed E-state index contributed by atoms with van der Waals surface area (Å²) in [5.74, 6) is 0.0825. The highest BCUT2D eigenvalue weighted by Crippen LogP contribution is 2.32. The van der Waals surface area contributed by atoms with E-state index in [4.69, 9.17) is 16.1 Å². The molecule has 4 rings (SSSR count). The van der Waals surface area contributed by atoms with E-state index in [9.17, 15) is 13.2 Å². The van der Waals surface area contributed by atoms with Crippen LogP contribution in [0.5, 0.6) is 0 Å². The lowest BCUT2D eigenvalue weighted by atomic mass is 10.0. The quantitative estimate of drug-likeness (QED) is 0.570. The van der Waals surface area contributed by atoms with E-state index in [1.807, 2.05) is 6.07 Å². The Balaban J connectivity index is 1.45. The second-order valence-corrected chi connectivity index (χ2v) is 8.88. The summed E-state index contributed by atoms with van der Waals surface area (Å²) in [6, 6.07) is 12.7. The number of esters is 1. The molecule has 0 bridgehead atoms. The van der Waals surface area contributed by atoms with Gasteiger partial charge in [-0.3, -0.25) is 0 Å². The van der Waals surface area contributed by atoms with Gasteiger partial charge < -0.3 is 9.26 Å². The first-order valence-corrected chi connectivity index (χ1v) is 10.5. The fourth-order valence-corrected chi connectivity index (χ4v) is 4.69. The second kappa shape index (κ2) is 7.58. The maximum atomic E-state index is 12.7. The predicted octanol–water partition coefficient (Wildman–Crippen LogP) is 2.96. The molecule has 0 saturated carbocycles. The minimum atomic E-state index is -3.67. The third kappa shape index (κ3) is 3.76. The van der Waals surface area contributed by atoms with E-state index in [0.717, 1.165) is 5.56 Å². The van der Waals surface area contributed by atoms with Crippen LogP contribution >= 0.6 is 11.6 Å². The van der Waals surface area contributed by atoms with Crippen LogP contribution in [0.3, 0.4) is 0 Å². The van der Waals surface area contributed by atoms with Crippen molar-refractivity contribution in [1.29, 1.82) is 0 Å². The van der Waals surface area contributed by atoms with E-state index in [-0.39, 0.29) is 29.5 Å². The molecule has 1 saturated heterocycles. The van der Waals surface area contributed by atoms with E-state index in [2.05, 4.69) is 14.9 Å². The number of halogens is 1. The molecule has 150 valence electrons. The molecule has 29 heavy (non-hydrogen) atoms. The predicted molar refractivity (Wildman–Crippen MR) is 104 cm³/mol. The van der Waals surface area contributed by atoms with Gasteiger partial charge in [-0.2, -0.15) is 9.29 Å². The standard InChI is InChI=1S/C19H16ClN3O5S/c1-27-19(24)12-5-7-16(8-6-12)29(25,26)23-10-14(11-23)18-21-17(22-28-18)13-3-2-4-15(20)9-13/h2-9,14H,10-11H2,1H3. The lowest BCUT2D eigenvalue weighted by molar-refractivity contribution is 0.0600. The molecule has 2 heterocycles. The van der Waals surface area contributed by atoms with Gasteiger partial charge in [-0.1, -0.05) is 28.9 Å². The average molecular weight is 434 g/mol. The van der Waals surface area contributed by atoms with Gasteiger partial charge in [0.1, 0.15) is 0 Å². The fraction of sp³-hybridized carbons (Fsp3) is 0.211. The summed E-state index contributed by atoms with van der Waals surface area (Å²) in [6.45, 7) is 0.469. The van der Waals surface area contributed by atoms with E-state index < -0.39 is 16.0 Å². The first kappa shape index (κ1) is 19.6. The maximum absolute atomic E-state index is 12.7. The third-order valence-electron chi connectivity index (χ3n) is 4.64. The molecular formula is C19H16ClN3O5S. The highest BCUT2D eigenvalue weighted by molar-refractivity contribution is 7.89. The van der Waals surface area contributed by atoms with Gasteiger partial charge in [0.25, 0.3) is 0 Å². The largest absolute Gasteiger partial charge is 0.465 e. The van der Waals surface area contributed by atoms with Crippen LogP contribution in [-0.2, 0) is 14.8 Å². The van der Waals surface area contributed by atoms with Gasteiger partial charge in [-0.25, -0.2) is 13.2 Å². The summed E-state index contributed by atoms with van der Waals surface area (Å²) in [6.07, 6.45) is 0. The van der Waals surface area contributed by atoms with Crippen molar-refractivity contribution < 1.29 is 22.5 Å². The van der Waals surface area contributed by atoms with Crippen LogP contribution in [0.2, 0.25) is 5.02 Å². The molecule has 1 aromatic heterocycles. The molecule has 1 fully saturated rings. The van der Waals surface area contributed by atoms with Crippen LogP contribution in [0, 0.1) is 0 Å². The number of hydrogen-bond donors (Lipinski definition) is 0. The van der Waals surface area contributed by atoms with Crippen molar-refractivity contribution in [1.82, 2.24) is 14.4 Å². The van der Waals surface area contributed by atoms with E-state index >= 15 is 0 Å². The van der Waals surface area contributed by atoms with Crippen LogP contribution in [0.15, 0.2) is 57.9 Å². The summed E-state index contributed by atoms with van der Waals surface area (Å²) < 4.78 is 36.7. The number of benzene rings is 2. The number of carbonyl (C=O) groups is 1. The van der Waals surface area contributed by atoms with Crippen LogP contribution in [0.1, 0.15) is 22.2 Å². The number of ether oxygens (including phenoxy) is 1. The summed E-state index contributed by atoms with van der Waals surface area (Å²) in [5.41, 5.74) is 1.01. The Bertz CT molecular complexity index is 1150. The van der Waals surface area contributed by atoms with Crippen molar-refractivity contribution in [3.05, 3.63) is 65.0 Å². The monoisotopic (exact) mass is 433 g/mol. The Labute approximate surface area is 172 Å². The number of hydrogen-bond acceptors (Lipinski definition) is 7. The Morgan fingerprint density at radius 2 is 1.93 bits per heavy atom. The molecule has 0 amide bonds. The second-order valence-electron chi connectivity index (χ2n) is 6.50. The van der Waals surface area contributed by atoms with Crippen molar-refractivity contribution in [3.63, 3.8) is 0 Å². The number of methoxy groups -OCH3 is 1. The number of rotatable bonds is 5. The molecule has 1 aliphatic rings. The van der Waals surface area contributed by atoms with Crippen molar-refractivity contribution in [2.24, 2.45) is 0 Å². The molecule has 10 heteroatoms. The molecule has 3 aromatic rings. The van der Waals surface area contributed by atoms with Crippen LogP contribution in [0.4, 0.5) is 0 Å².